The zero-order chi connectivity index (χ0) is 17.1. The van der Waals surface area contributed by atoms with Crippen molar-refractivity contribution in [3.05, 3.63) is 42.5 Å². The average molecular weight is 342 g/mol. The largest absolute Gasteiger partial charge is 0.489 e. The van der Waals surface area contributed by atoms with Gasteiger partial charge in [0.2, 0.25) is 0 Å². The molecule has 0 N–H and O–H groups in total. The molecular weight excluding hydrogens is 316 g/mol. The standard InChI is InChI=1S/C19H26N4O2/c1-22-12-16(10-21-22)13-23-7-4-19(5-8-23)9-18(25-15-19)14-24-17-3-2-6-20-11-17/h2-3,6,10-12,18H,4-5,7-9,13-15H2,1H3/t18-/m0/s1. The first-order chi connectivity index (χ1) is 12.2. The Morgan fingerprint density at radius 1 is 1.32 bits per heavy atom. The minimum absolute atomic E-state index is 0.199. The Bertz CT molecular complexity index is 680. The molecule has 25 heavy (non-hydrogen) atoms. The average Bonchev–Trinajstić information content (AvgIpc) is 3.23. The zero-order valence-electron chi connectivity index (χ0n) is 14.8. The summed E-state index contributed by atoms with van der Waals surface area (Å²) < 4.78 is 13.7. The molecule has 4 heterocycles. The second kappa shape index (κ2) is 7.14. The highest BCUT2D eigenvalue weighted by molar-refractivity contribution is 5.15. The van der Waals surface area contributed by atoms with Crippen LogP contribution in [0.4, 0.5) is 0 Å². The van der Waals surface area contributed by atoms with Gasteiger partial charge in [0.05, 0.1) is 25.1 Å². The van der Waals surface area contributed by atoms with Gasteiger partial charge >= 0.3 is 0 Å². The molecule has 2 aromatic rings. The Balaban J connectivity index is 1.24. The van der Waals surface area contributed by atoms with Crippen molar-refractivity contribution in [2.45, 2.75) is 31.9 Å². The molecular formula is C19H26N4O2. The third kappa shape index (κ3) is 4.02. The van der Waals surface area contributed by atoms with E-state index in [2.05, 4.69) is 21.2 Å². The fourth-order valence-corrected chi connectivity index (χ4v) is 3.97. The molecule has 2 aliphatic rings. The van der Waals surface area contributed by atoms with E-state index in [0.717, 1.165) is 38.4 Å². The topological polar surface area (TPSA) is 52.4 Å². The van der Waals surface area contributed by atoms with Gasteiger partial charge in [0.1, 0.15) is 12.4 Å². The maximum Gasteiger partial charge on any atom is 0.137 e. The fraction of sp³-hybridized carbons (Fsp3) is 0.579. The number of hydrogen-bond donors (Lipinski definition) is 0. The van der Waals surface area contributed by atoms with Gasteiger partial charge in [0, 0.05) is 31.5 Å². The van der Waals surface area contributed by atoms with Crippen molar-refractivity contribution in [2.24, 2.45) is 12.5 Å². The number of hydrogen-bond acceptors (Lipinski definition) is 5. The lowest BCUT2D eigenvalue weighted by Crippen LogP contribution is -2.40. The Labute approximate surface area is 148 Å². The van der Waals surface area contributed by atoms with Gasteiger partial charge in [0.25, 0.3) is 0 Å². The summed E-state index contributed by atoms with van der Waals surface area (Å²) in [4.78, 5) is 6.61. The predicted molar refractivity (Wildman–Crippen MR) is 94.2 cm³/mol. The molecule has 2 aromatic heterocycles. The molecule has 6 heteroatoms. The summed E-state index contributed by atoms with van der Waals surface area (Å²) in [5, 5.41) is 4.26. The van der Waals surface area contributed by atoms with Crippen LogP contribution in [0.2, 0.25) is 0 Å². The minimum Gasteiger partial charge on any atom is -0.489 e. The van der Waals surface area contributed by atoms with Crippen LogP contribution < -0.4 is 4.74 Å². The van der Waals surface area contributed by atoms with E-state index in [1.54, 1.807) is 12.4 Å². The van der Waals surface area contributed by atoms with Crippen LogP contribution in [0.3, 0.4) is 0 Å². The Kier molecular flexibility index (Phi) is 4.72. The number of ether oxygens (including phenoxy) is 2. The maximum absolute atomic E-state index is 6.05. The lowest BCUT2D eigenvalue weighted by molar-refractivity contribution is 0.0470. The van der Waals surface area contributed by atoms with Crippen LogP contribution in [0.5, 0.6) is 5.75 Å². The third-order valence-corrected chi connectivity index (χ3v) is 5.44. The van der Waals surface area contributed by atoms with Crippen LogP contribution in [0, 0.1) is 5.41 Å². The minimum atomic E-state index is 0.199. The van der Waals surface area contributed by atoms with Gasteiger partial charge in [0.15, 0.2) is 0 Å². The van der Waals surface area contributed by atoms with Crippen molar-refractivity contribution in [1.82, 2.24) is 19.7 Å². The summed E-state index contributed by atoms with van der Waals surface area (Å²) in [6.45, 7) is 4.75. The first-order valence-electron chi connectivity index (χ1n) is 9.05. The summed E-state index contributed by atoms with van der Waals surface area (Å²) in [5.41, 5.74) is 1.64. The molecule has 0 saturated carbocycles. The Morgan fingerprint density at radius 3 is 2.92 bits per heavy atom. The summed E-state index contributed by atoms with van der Waals surface area (Å²) >= 11 is 0. The summed E-state index contributed by atoms with van der Waals surface area (Å²) in [6, 6.07) is 3.83. The summed E-state index contributed by atoms with van der Waals surface area (Å²) in [7, 11) is 1.97. The molecule has 0 unspecified atom stereocenters. The molecule has 1 spiro atoms. The SMILES string of the molecule is Cn1cc(CN2CCC3(CC2)CO[C@H](COc2cccnc2)C3)cn1. The molecule has 2 aliphatic heterocycles. The molecule has 0 radical (unpaired) electrons. The molecule has 1 atom stereocenters. The van der Waals surface area contributed by atoms with Gasteiger partial charge in [-0.15, -0.1) is 0 Å². The normalized spacial score (nSPS) is 23.2. The lowest BCUT2D eigenvalue weighted by atomic mass is 9.76. The van der Waals surface area contributed by atoms with E-state index in [1.807, 2.05) is 30.1 Å². The Morgan fingerprint density at radius 2 is 2.20 bits per heavy atom. The monoisotopic (exact) mass is 342 g/mol. The number of likely N-dealkylation sites (tertiary alicyclic amines) is 1. The van der Waals surface area contributed by atoms with E-state index in [4.69, 9.17) is 9.47 Å². The number of aryl methyl sites for hydroxylation is 1. The van der Waals surface area contributed by atoms with Crippen molar-refractivity contribution >= 4 is 0 Å². The fourth-order valence-electron chi connectivity index (χ4n) is 3.97. The number of nitrogens with zero attached hydrogens (tertiary/aromatic N) is 4. The molecule has 2 saturated heterocycles. The van der Waals surface area contributed by atoms with Crippen LogP contribution >= 0.6 is 0 Å². The van der Waals surface area contributed by atoms with Crippen molar-refractivity contribution in [3.63, 3.8) is 0 Å². The van der Waals surface area contributed by atoms with Crippen LogP contribution in [0.15, 0.2) is 36.9 Å². The van der Waals surface area contributed by atoms with Crippen LogP contribution in [-0.2, 0) is 18.3 Å². The number of piperidine rings is 1. The number of pyridine rings is 1. The molecule has 2 fully saturated rings. The lowest BCUT2D eigenvalue weighted by Gasteiger charge is -2.38. The molecule has 134 valence electrons. The van der Waals surface area contributed by atoms with Crippen LogP contribution in [0.1, 0.15) is 24.8 Å². The van der Waals surface area contributed by atoms with Crippen LogP contribution in [0.25, 0.3) is 0 Å². The highest BCUT2D eigenvalue weighted by Crippen LogP contribution is 2.42. The van der Waals surface area contributed by atoms with E-state index < -0.39 is 0 Å². The van der Waals surface area contributed by atoms with Crippen molar-refractivity contribution < 1.29 is 9.47 Å². The van der Waals surface area contributed by atoms with Gasteiger partial charge in [-0.1, -0.05) is 0 Å². The highest BCUT2D eigenvalue weighted by atomic mass is 16.5. The van der Waals surface area contributed by atoms with Crippen LogP contribution in [-0.4, -0.2) is 52.1 Å². The quantitative estimate of drug-likeness (QED) is 0.834. The maximum atomic E-state index is 6.05. The van der Waals surface area contributed by atoms with E-state index in [0.29, 0.717) is 12.0 Å². The van der Waals surface area contributed by atoms with Crippen molar-refractivity contribution in [1.29, 1.82) is 0 Å². The highest BCUT2D eigenvalue weighted by Gasteiger charge is 2.42. The van der Waals surface area contributed by atoms with Gasteiger partial charge in [-0.25, -0.2) is 0 Å². The van der Waals surface area contributed by atoms with Gasteiger partial charge < -0.3 is 9.47 Å². The second-order valence-electron chi connectivity index (χ2n) is 7.44. The summed E-state index contributed by atoms with van der Waals surface area (Å²) in [5.74, 6) is 0.818. The third-order valence-electron chi connectivity index (χ3n) is 5.44. The molecule has 0 aliphatic carbocycles. The molecule has 6 nitrogen and oxygen atoms in total. The molecule has 0 aromatic carbocycles. The van der Waals surface area contributed by atoms with Gasteiger partial charge in [-0.3, -0.25) is 14.6 Å². The number of aromatic nitrogens is 3. The molecule has 0 bridgehead atoms. The molecule has 0 amide bonds. The Hall–Kier alpha value is -1.92. The van der Waals surface area contributed by atoms with E-state index in [1.165, 1.54) is 18.4 Å². The predicted octanol–water partition coefficient (Wildman–Crippen LogP) is 2.27. The number of rotatable bonds is 5. The van der Waals surface area contributed by atoms with Gasteiger partial charge in [-0.2, -0.15) is 5.10 Å². The van der Waals surface area contributed by atoms with E-state index in [-0.39, 0.29) is 6.10 Å². The zero-order valence-corrected chi connectivity index (χ0v) is 14.8. The van der Waals surface area contributed by atoms with Crippen molar-refractivity contribution in [2.75, 3.05) is 26.3 Å². The van der Waals surface area contributed by atoms with Crippen molar-refractivity contribution in [3.8, 4) is 5.75 Å². The first-order valence-corrected chi connectivity index (χ1v) is 9.05. The smallest absolute Gasteiger partial charge is 0.137 e. The van der Waals surface area contributed by atoms with E-state index >= 15 is 0 Å². The molecule has 4 rings (SSSR count). The van der Waals surface area contributed by atoms with Gasteiger partial charge in [-0.05, 0) is 49.9 Å². The second-order valence-corrected chi connectivity index (χ2v) is 7.44. The first kappa shape index (κ1) is 16.5. The van der Waals surface area contributed by atoms with E-state index in [9.17, 15) is 0 Å². The summed E-state index contributed by atoms with van der Waals surface area (Å²) in [6.07, 6.45) is 11.3.